The van der Waals surface area contributed by atoms with Crippen molar-refractivity contribution in [1.29, 1.82) is 0 Å². The molecule has 2 aliphatic heterocycles. The van der Waals surface area contributed by atoms with Crippen molar-refractivity contribution in [2.75, 3.05) is 13.1 Å². The molecule has 2 nitrogen and oxygen atoms in total. The predicted octanol–water partition coefficient (Wildman–Crippen LogP) is 3.96. The maximum Gasteiger partial charge on any atom is 0.118 e. The molecule has 2 unspecified atom stereocenters. The van der Waals surface area contributed by atoms with Crippen LogP contribution in [-0.2, 0) is 6.42 Å². The number of fused-ring (bicyclic) bond motifs is 1. The van der Waals surface area contributed by atoms with Crippen LogP contribution in [0.4, 0.5) is 0 Å². The minimum Gasteiger partial charge on any atom is -0.508 e. The summed E-state index contributed by atoms with van der Waals surface area (Å²) < 4.78 is 1.07. The number of rotatable bonds is 2. The molecule has 0 aliphatic carbocycles. The van der Waals surface area contributed by atoms with E-state index in [1.54, 1.807) is 6.07 Å². The summed E-state index contributed by atoms with van der Waals surface area (Å²) in [4.78, 5) is 2.68. The maximum absolute atomic E-state index is 9.97. The van der Waals surface area contributed by atoms with Crippen LogP contribution in [0.3, 0.4) is 0 Å². The molecule has 0 amide bonds. The average Bonchev–Trinajstić information content (AvgIpc) is 2.43. The van der Waals surface area contributed by atoms with Gasteiger partial charge in [-0.15, -0.1) is 0 Å². The van der Waals surface area contributed by atoms with Crippen molar-refractivity contribution in [3.05, 3.63) is 28.2 Å². The lowest BCUT2D eigenvalue weighted by molar-refractivity contribution is 0.0786. The second-order valence-corrected chi connectivity index (χ2v) is 6.97. The molecular formula is C16H22BrNO. The highest BCUT2D eigenvalue weighted by Gasteiger charge is 2.30. The fourth-order valence-corrected chi connectivity index (χ4v) is 4.09. The van der Waals surface area contributed by atoms with E-state index in [9.17, 15) is 5.11 Å². The summed E-state index contributed by atoms with van der Waals surface area (Å²) in [6.45, 7) is 2.56. The van der Waals surface area contributed by atoms with E-state index in [4.69, 9.17) is 0 Å². The Labute approximate surface area is 123 Å². The molecule has 1 aromatic carbocycles. The molecule has 2 fully saturated rings. The summed E-state index contributed by atoms with van der Waals surface area (Å²) in [6, 6.07) is 6.59. The van der Waals surface area contributed by atoms with Gasteiger partial charge in [-0.25, -0.2) is 0 Å². The smallest absolute Gasteiger partial charge is 0.118 e. The second kappa shape index (κ2) is 5.84. The summed E-state index contributed by atoms with van der Waals surface area (Å²) in [5.41, 5.74) is 1.10. The zero-order valence-corrected chi connectivity index (χ0v) is 12.9. The number of phenols is 1. The molecule has 3 heteroatoms. The third-order valence-electron chi connectivity index (χ3n) is 4.73. The number of hydrogen-bond donors (Lipinski definition) is 1. The first-order valence-electron chi connectivity index (χ1n) is 7.44. The van der Waals surface area contributed by atoms with Gasteiger partial charge in [0.1, 0.15) is 5.75 Å². The minimum absolute atomic E-state index is 0.453. The fraction of sp³-hybridized carbons (Fsp3) is 0.625. The highest BCUT2D eigenvalue weighted by atomic mass is 79.9. The van der Waals surface area contributed by atoms with Crippen LogP contribution < -0.4 is 0 Å². The summed E-state index contributed by atoms with van der Waals surface area (Å²) in [7, 11) is 0. The van der Waals surface area contributed by atoms with Crippen LogP contribution in [-0.4, -0.2) is 29.1 Å². The van der Waals surface area contributed by atoms with E-state index in [0.29, 0.717) is 5.75 Å². The van der Waals surface area contributed by atoms with E-state index in [-0.39, 0.29) is 0 Å². The first-order valence-corrected chi connectivity index (χ1v) is 8.23. The number of aromatic hydroxyl groups is 1. The molecular weight excluding hydrogens is 302 g/mol. The maximum atomic E-state index is 9.97. The van der Waals surface area contributed by atoms with Crippen LogP contribution in [0, 0.1) is 5.92 Å². The Hall–Kier alpha value is -0.540. The zero-order chi connectivity index (χ0) is 13.2. The molecule has 0 saturated carbocycles. The number of halogens is 1. The standard InChI is InChI=1S/C16H22BrNO/c17-14-4-5-16(19)13(11-14)9-12-6-8-18-7-2-1-3-15(18)10-12/h4-5,11-12,15,19H,1-3,6-10H2. The van der Waals surface area contributed by atoms with Crippen molar-refractivity contribution in [2.45, 2.75) is 44.6 Å². The summed E-state index contributed by atoms with van der Waals surface area (Å²) in [5, 5.41) is 9.97. The Balaban J connectivity index is 1.65. The van der Waals surface area contributed by atoms with E-state index >= 15 is 0 Å². The molecule has 0 bridgehead atoms. The van der Waals surface area contributed by atoms with Gasteiger partial charge in [0.05, 0.1) is 0 Å². The van der Waals surface area contributed by atoms with Crippen LogP contribution in [0.5, 0.6) is 5.75 Å². The molecule has 104 valence electrons. The van der Waals surface area contributed by atoms with Crippen molar-refractivity contribution in [2.24, 2.45) is 5.92 Å². The average molecular weight is 324 g/mol. The molecule has 1 N–H and O–H groups in total. The highest BCUT2D eigenvalue weighted by molar-refractivity contribution is 9.10. The van der Waals surface area contributed by atoms with Gasteiger partial charge in [0.15, 0.2) is 0 Å². The van der Waals surface area contributed by atoms with Gasteiger partial charge in [-0.1, -0.05) is 22.4 Å². The number of phenolic OH excluding ortho intramolecular Hbond substituents is 1. The van der Waals surface area contributed by atoms with E-state index in [1.807, 2.05) is 6.07 Å². The third-order valence-corrected chi connectivity index (χ3v) is 5.22. The van der Waals surface area contributed by atoms with Crippen molar-refractivity contribution in [3.63, 3.8) is 0 Å². The van der Waals surface area contributed by atoms with Crippen LogP contribution in [0.2, 0.25) is 0 Å². The number of piperidine rings is 2. The predicted molar refractivity (Wildman–Crippen MR) is 81.4 cm³/mol. The third kappa shape index (κ3) is 3.14. The Morgan fingerprint density at radius 1 is 1.21 bits per heavy atom. The van der Waals surface area contributed by atoms with Gasteiger partial charge in [0.25, 0.3) is 0 Å². The van der Waals surface area contributed by atoms with Crippen LogP contribution in [0.1, 0.15) is 37.7 Å². The number of hydrogen-bond acceptors (Lipinski definition) is 2. The molecule has 3 rings (SSSR count). The molecule has 2 atom stereocenters. The molecule has 2 heterocycles. The van der Waals surface area contributed by atoms with Crippen molar-refractivity contribution < 1.29 is 5.11 Å². The minimum atomic E-state index is 0.453. The number of nitrogens with zero attached hydrogens (tertiary/aromatic N) is 1. The molecule has 1 aromatic rings. The van der Waals surface area contributed by atoms with Crippen molar-refractivity contribution >= 4 is 15.9 Å². The Bertz CT molecular complexity index is 448. The summed E-state index contributed by atoms with van der Waals surface area (Å²) in [5.74, 6) is 1.19. The topological polar surface area (TPSA) is 23.5 Å². The van der Waals surface area contributed by atoms with Gasteiger partial charge in [-0.2, -0.15) is 0 Å². The lowest BCUT2D eigenvalue weighted by atomic mass is 9.82. The van der Waals surface area contributed by atoms with Gasteiger partial charge < -0.3 is 10.0 Å². The monoisotopic (exact) mass is 323 g/mol. The Morgan fingerprint density at radius 2 is 2.11 bits per heavy atom. The van der Waals surface area contributed by atoms with E-state index in [2.05, 4.69) is 26.9 Å². The highest BCUT2D eigenvalue weighted by Crippen LogP contribution is 2.33. The first kappa shape index (κ1) is 13.4. The quantitative estimate of drug-likeness (QED) is 0.890. The van der Waals surface area contributed by atoms with E-state index in [0.717, 1.165) is 28.4 Å². The fourth-order valence-electron chi connectivity index (χ4n) is 3.69. The number of benzene rings is 1. The van der Waals surface area contributed by atoms with Crippen molar-refractivity contribution in [1.82, 2.24) is 4.90 Å². The SMILES string of the molecule is Oc1ccc(Br)cc1CC1CCN2CCCCC2C1. The first-order chi connectivity index (χ1) is 9.22. The molecule has 0 spiro atoms. The van der Waals surface area contributed by atoms with E-state index in [1.165, 1.54) is 45.2 Å². The normalized spacial score (nSPS) is 28.1. The lowest BCUT2D eigenvalue weighted by Crippen LogP contribution is -2.45. The summed E-state index contributed by atoms with van der Waals surface area (Å²) >= 11 is 3.50. The van der Waals surface area contributed by atoms with Crippen LogP contribution >= 0.6 is 15.9 Å². The molecule has 2 saturated heterocycles. The van der Waals surface area contributed by atoms with E-state index < -0.39 is 0 Å². The Kier molecular flexibility index (Phi) is 4.13. The second-order valence-electron chi connectivity index (χ2n) is 6.05. The van der Waals surface area contributed by atoms with Gasteiger partial charge in [-0.3, -0.25) is 0 Å². The molecule has 2 aliphatic rings. The van der Waals surface area contributed by atoms with Crippen LogP contribution in [0.25, 0.3) is 0 Å². The van der Waals surface area contributed by atoms with Gasteiger partial charge in [0.2, 0.25) is 0 Å². The summed E-state index contributed by atoms with van der Waals surface area (Å²) in [6.07, 6.45) is 7.77. The van der Waals surface area contributed by atoms with Gasteiger partial charge >= 0.3 is 0 Å². The zero-order valence-electron chi connectivity index (χ0n) is 11.3. The molecule has 0 radical (unpaired) electrons. The Morgan fingerprint density at radius 3 is 3.00 bits per heavy atom. The van der Waals surface area contributed by atoms with Crippen LogP contribution in [0.15, 0.2) is 22.7 Å². The van der Waals surface area contributed by atoms with Crippen molar-refractivity contribution in [3.8, 4) is 5.75 Å². The van der Waals surface area contributed by atoms with Gasteiger partial charge in [-0.05, 0) is 74.9 Å². The molecule has 19 heavy (non-hydrogen) atoms. The van der Waals surface area contributed by atoms with Gasteiger partial charge in [0, 0.05) is 10.5 Å². The lowest BCUT2D eigenvalue weighted by Gasteiger charge is -2.42. The largest absolute Gasteiger partial charge is 0.508 e. The molecule has 0 aromatic heterocycles.